The van der Waals surface area contributed by atoms with E-state index in [1.165, 1.54) is 27.8 Å². The van der Waals surface area contributed by atoms with Gasteiger partial charge in [0.1, 0.15) is 11.2 Å². The van der Waals surface area contributed by atoms with Crippen LogP contribution in [0.15, 0.2) is 205 Å². The molecule has 67 heavy (non-hydrogen) atoms. The molecule has 11 aromatic rings. The highest BCUT2D eigenvalue weighted by Gasteiger charge is 2.35. The Morgan fingerprint density at radius 3 is 2.09 bits per heavy atom. The van der Waals surface area contributed by atoms with Crippen LogP contribution in [-0.4, -0.2) is 19.5 Å². The molecule has 3 aromatic heterocycles. The monoisotopic (exact) mass is 865 g/mol. The SMILES string of the molecule is C=C(/C=C\C(C)C)Nc1ccc2c(c1)c1cccc(-c3cccc(-c4ccc5c(c4)C(C)(C)c4ccccc4-5)c3)c1n2-c1nc(-c2ccccc2)nc(-c2ccc3c(c2)oc2ccccc23)n1. The van der Waals surface area contributed by atoms with Crippen molar-refractivity contribution in [3.63, 3.8) is 0 Å². The van der Waals surface area contributed by atoms with E-state index in [1.807, 2.05) is 60.7 Å². The minimum Gasteiger partial charge on any atom is -0.456 e. The maximum atomic E-state index is 6.37. The van der Waals surface area contributed by atoms with Crippen molar-refractivity contribution < 1.29 is 4.42 Å². The lowest BCUT2D eigenvalue weighted by atomic mass is 9.81. The first-order chi connectivity index (χ1) is 32.7. The first-order valence-corrected chi connectivity index (χ1v) is 23.0. The molecule has 1 N–H and O–H groups in total. The summed E-state index contributed by atoms with van der Waals surface area (Å²) in [6, 6.07) is 62.3. The van der Waals surface area contributed by atoms with E-state index in [0.29, 0.717) is 23.5 Å². The number of hydrogen-bond acceptors (Lipinski definition) is 5. The molecule has 0 fully saturated rings. The Kier molecular flexibility index (Phi) is 9.40. The number of allylic oxidation sites excluding steroid dienone is 2. The fraction of sp³-hybridized carbons (Fsp3) is 0.0984. The summed E-state index contributed by atoms with van der Waals surface area (Å²) in [5.74, 6) is 2.05. The molecule has 0 aliphatic heterocycles. The molecular weight excluding hydrogens is 819 g/mol. The van der Waals surface area contributed by atoms with E-state index >= 15 is 0 Å². The molecule has 6 nitrogen and oxygen atoms in total. The maximum absolute atomic E-state index is 6.37. The summed E-state index contributed by atoms with van der Waals surface area (Å²) < 4.78 is 8.59. The van der Waals surface area contributed by atoms with Crippen molar-refractivity contribution in [1.82, 2.24) is 19.5 Å². The van der Waals surface area contributed by atoms with Crippen molar-refractivity contribution in [1.29, 1.82) is 0 Å². The third-order valence-electron chi connectivity index (χ3n) is 13.4. The van der Waals surface area contributed by atoms with E-state index < -0.39 is 0 Å². The third kappa shape index (κ3) is 6.83. The van der Waals surface area contributed by atoms with Crippen molar-refractivity contribution >= 4 is 49.4 Å². The normalized spacial score (nSPS) is 13.0. The third-order valence-corrected chi connectivity index (χ3v) is 13.4. The molecular formula is C61H47N5O. The number of anilines is 1. The zero-order valence-electron chi connectivity index (χ0n) is 37.9. The van der Waals surface area contributed by atoms with Crippen LogP contribution in [0.5, 0.6) is 0 Å². The lowest BCUT2D eigenvalue weighted by molar-refractivity contribution is 0.660. The van der Waals surface area contributed by atoms with Gasteiger partial charge in [0.2, 0.25) is 5.95 Å². The molecule has 0 bridgehead atoms. The lowest BCUT2D eigenvalue weighted by Gasteiger charge is -2.22. The van der Waals surface area contributed by atoms with Gasteiger partial charge in [0.15, 0.2) is 11.6 Å². The number of hydrogen-bond donors (Lipinski definition) is 1. The first kappa shape index (κ1) is 40.2. The maximum Gasteiger partial charge on any atom is 0.238 e. The number of rotatable bonds is 9. The average molecular weight is 866 g/mol. The first-order valence-electron chi connectivity index (χ1n) is 23.0. The van der Waals surface area contributed by atoms with Gasteiger partial charge in [0.25, 0.3) is 0 Å². The Morgan fingerprint density at radius 2 is 1.22 bits per heavy atom. The van der Waals surface area contributed by atoms with E-state index in [1.54, 1.807) is 0 Å². The number of furan rings is 1. The van der Waals surface area contributed by atoms with Crippen molar-refractivity contribution in [2.45, 2.75) is 33.1 Å². The Labute approximate surface area is 389 Å². The molecule has 6 heteroatoms. The van der Waals surface area contributed by atoms with Gasteiger partial charge in [-0.1, -0.05) is 168 Å². The fourth-order valence-corrected chi connectivity index (χ4v) is 10.0. The predicted octanol–water partition coefficient (Wildman–Crippen LogP) is 16.0. The van der Waals surface area contributed by atoms with E-state index in [9.17, 15) is 0 Å². The van der Waals surface area contributed by atoms with Gasteiger partial charge in [-0.15, -0.1) is 0 Å². The van der Waals surface area contributed by atoms with E-state index in [4.69, 9.17) is 19.4 Å². The molecule has 3 heterocycles. The summed E-state index contributed by atoms with van der Waals surface area (Å²) in [4.78, 5) is 15.8. The molecule has 8 aromatic carbocycles. The van der Waals surface area contributed by atoms with E-state index in [0.717, 1.165) is 82.9 Å². The van der Waals surface area contributed by atoms with Gasteiger partial charge in [0.05, 0.1) is 11.0 Å². The molecule has 0 radical (unpaired) electrons. The molecule has 0 amide bonds. The zero-order valence-corrected chi connectivity index (χ0v) is 37.9. The van der Waals surface area contributed by atoms with Crippen LogP contribution < -0.4 is 5.32 Å². The second-order valence-electron chi connectivity index (χ2n) is 18.5. The van der Waals surface area contributed by atoms with Crippen molar-refractivity contribution in [3.05, 3.63) is 211 Å². The van der Waals surface area contributed by atoms with Gasteiger partial charge >= 0.3 is 0 Å². The number of benzene rings is 8. The minimum atomic E-state index is -0.101. The number of fused-ring (bicyclic) bond motifs is 9. The van der Waals surface area contributed by atoms with Gasteiger partial charge in [-0.25, -0.2) is 4.98 Å². The summed E-state index contributed by atoms with van der Waals surface area (Å²) >= 11 is 0. The second kappa shape index (κ2) is 15.7. The van der Waals surface area contributed by atoms with Crippen LogP contribution in [0.1, 0.15) is 38.8 Å². The molecule has 0 atom stereocenters. The molecule has 0 spiro atoms. The largest absolute Gasteiger partial charge is 0.456 e. The molecule has 322 valence electrons. The van der Waals surface area contributed by atoms with E-state index in [2.05, 4.69) is 172 Å². The van der Waals surface area contributed by atoms with Crippen LogP contribution in [0.4, 0.5) is 5.69 Å². The standard InChI is InChI=1S/C61H47N5O/c1-37(2)25-26-38(3)62-44-29-32-54-51(36-44)50-22-14-21-45(42-18-13-17-40(33-42)41-27-30-47-46-19-9-11-23-52(46)61(4,5)53(47)34-41)57(50)66(54)60-64-58(39-15-7-6-8-16-39)63-59(65-60)43-28-31-49-48-20-10-12-24-55(48)67-56(49)35-43/h6-37,62H,3H2,1-2,4-5H3/b26-25-. The summed E-state index contributed by atoms with van der Waals surface area (Å²) in [5, 5.41) is 7.81. The molecule has 0 saturated carbocycles. The van der Waals surface area contributed by atoms with Gasteiger partial charge in [-0.05, 0) is 99.5 Å². The van der Waals surface area contributed by atoms with Crippen molar-refractivity contribution in [2.24, 2.45) is 5.92 Å². The highest BCUT2D eigenvalue weighted by Crippen LogP contribution is 2.50. The summed E-state index contributed by atoms with van der Waals surface area (Å²) in [7, 11) is 0. The van der Waals surface area contributed by atoms with Crippen molar-refractivity contribution in [3.8, 4) is 62.1 Å². The number of aromatic nitrogens is 4. The lowest BCUT2D eigenvalue weighted by Crippen LogP contribution is -2.14. The second-order valence-corrected chi connectivity index (χ2v) is 18.5. The topological polar surface area (TPSA) is 68.8 Å². The van der Waals surface area contributed by atoms with Gasteiger partial charge in [0, 0.05) is 55.0 Å². The van der Waals surface area contributed by atoms with Crippen LogP contribution in [0.2, 0.25) is 0 Å². The van der Waals surface area contributed by atoms with Crippen molar-refractivity contribution in [2.75, 3.05) is 5.32 Å². The van der Waals surface area contributed by atoms with E-state index in [-0.39, 0.29) is 5.41 Å². The highest BCUT2D eigenvalue weighted by molar-refractivity contribution is 6.14. The van der Waals surface area contributed by atoms with Gasteiger partial charge < -0.3 is 9.73 Å². The van der Waals surface area contributed by atoms with Crippen LogP contribution in [0.3, 0.4) is 0 Å². The zero-order chi connectivity index (χ0) is 45.4. The minimum absolute atomic E-state index is 0.101. The predicted molar refractivity (Wildman–Crippen MR) is 277 cm³/mol. The summed E-state index contributed by atoms with van der Waals surface area (Å²) in [5.41, 5.74) is 16.8. The molecule has 1 aliphatic carbocycles. The van der Waals surface area contributed by atoms with Gasteiger partial charge in [-0.3, -0.25) is 4.57 Å². The summed E-state index contributed by atoms with van der Waals surface area (Å²) in [6.07, 6.45) is 4.20. The molecule has 0 saturated heterocycles. The van der Waals surface area contributed by atoms with Crippen LogP contribution in [0.25, 0.3) is 106 Å². The fourth-order valence-electron chi connectivity index (χ4n) is 10.0. The number of nitrogens with zero attached hydrogens (tertiary/aromatic N) is 4. The average Bonchev–Trinajstić information content (AvgIpc) is 3.98. The van der Waals surface area contributed by atoms with Crippen LogP contribution in [-0.2, 0) is 5.41 Å². The smallest absolute Gasteiger partial charge is 0.238 e. The number of nitrogens with one attached hydrogen (secondary N) is 1. The Hall–Kier alpha value is -8.35. The Morgan fingerprint density at radius 1 is 0.552 bits per heavy atom. The van der Waals surface area contributed by atoms with Crippen LogP contribution >= 0.6 is 0 Å². The molecule has 0 unspecified atom stereocenters. The highest BCUT2D eigenvalue weighted by atomic mass is 16.3. The Bertz CT molecular complexity index is 3810. The molecule has 12 rings (SSSR count). The number of para-hydroxylation sites is 2. The van der Waals surface area contributed by atoms with Crippen LogP contribution in [0, 0.1) is 5.92 Å². The summed E-state index contributed by atoms with van der Waals surface area (Å²) in [6.45, 7) is 13.3. The van der Waals surface area contributed by atoms with Gasteiger partial charge in [-0.2, -0.15) is 9.97 Å². The molecule has 1 aliphatic rings. The quantitative estimate of drug-likeness (QED) is 0.146. The Balaban J connectivity index is 1.07.